The molecule has 90 valence electrons. The zero-order valence-electron chi connectivity index (χ0n) is 11.1. The quantitative estimate of drug-likeness (QED) is 0.594. The molecule has 0 spiro atoms. The third kappa shape index (κ3) is 2.28. The lowest BCUT2D eigenvalue weighted by Crippen LogP contribution is -2.14. The van der Waals surface area contributed by atoms with E-state index in [-0.39, 0.29) is 7.92 Å². The normalized spacial score (nSPS) is 30.8. The van der Waals surface area contributed by atoms with Crippen LogP contribution >= 0.6 is 7.92 Å². The van der Waals surface area contributed by atoms with Gasteiger partial charge in [0.15, 0.2) is 0 Å². The molecule has 1 aliphatic heterocycles. The molecule has 0 aromatic carbocycles. The molecule has 0 saturated carbocycles. The maximum Gasteiger partial charge on any atom is -0.0143 e. The van der Waals surface area contributed by atoms with Gasteiger partial charge in [-0.05, 0) is 47.7 Å². The monoisotopic (exact) mass is 236 g/mol. The van der Waals surface area contributed by atoms with E-state index in [2.05, 4.69) is 45.9 Å². The highest BCUT2D eigenvalue weighted by Gasteiger charge is 2.39. The van der Waals surface area contributed by atoms with Gasteiger partial charge in [0.2, 0.25) is 0 Å². The number of allylic oxidation sites excluding steroid dienone is 4. The summed E-state index contributed by atoms with van der Waals surface area (Å²) in [6.45, 7) is 9.67. The zero-order chi connectivity index (χ0) is 11.7. The first-order valence-corrected chi connectivity index (χ1v) is 8.24. The Balaban J connectivity index is 2.21. The summed E-state index contributed by atoms with van der Waals surface area (Å²) in [5, 5.41) is 1.71. The SMILES string of the molecule is CC(C)[C@H]1CC[C@H](C(C)C)P1C1=CCC=C1. The van der Waals surface area contributed by atoms with Gasteiger partial charge in [-0.15, -0.1) is 0 Å². The molecule has 1 fully saturated rings. The van der Waals surface area contributed by atoms with Crippen LogP contribution in [0.15, 0.2) is 23.5 Å². The Labute approximate surface area is 102 Å². The molecule has 0 nitrogen and oxygen atoms in total. The van der Waals surface area contributed by atoms with Crippen molar-refractivity contribution in [3.05, 3.63) is 23.5 Å². The van der Waals surface area contributed by atoms with E-state index in [0.29, 0.717) is 0 Å². The Hall–Kier alpha value is -0.0900. The molecule has 0 N–H and O–H groups in total. The van der Waals surface area contributed by atoms with Crippen LogP contribution in [0.2, 0.25) is 0 Å². The van der Waals surface area contributed by atoms with Crippen LogP contribution in [0.3, 0.4) is 0 Å². The minimum absolute atomic E-state index is 0.122. The van der Waals surface area contributed by atoms with Crippen molar-refractivity contribution >= 4 is 7.92 Å². The Kier molecular flexibility index (Phi) is 3.90. The van der Waals surface area contributed by atoms with Crippen molar-refractivity contribution in [2.75, 3.05) is 0 Å². The van der Waals surface area contributed by atoms with Crippen molar-refractivity contribution in [3.8, 4) is 0 Å². The average Bonchev–Trinajstić information content (AvgIpc) is 2.85. The summed E-state index contributed by atoms with van der Waals surface area (Å²) in [5.41, 5.74) is 1.97. The second-order valence-corrected chi connectivity index (χ2v) is 8.53. The molecule has 0 radical (unpaired) electrons. The number of rotatable bonds is 3. The predicted octanol–water partition coefficient (Wildman–Crippen LogP) is 5.16. The third-order valence-corrected chi connectivity index (χ3v) is 8.13. The molecule has 1 heterocycles. The van der Waals surface area contributed by atoms with Crippen molar-refractivity contribution in [2.24, 2.45) is 11.8 Å². The van der Waals surface area contributed by atoms with E-state index in [1.165, 1.54) is 19.3 Å². The van der Waals surface area contributed by atoms with Crippen LogP contribution in [0.25, 0.3) is 0 Å². The molecule has 2 rings (SSSR count). The summed E-state index contributed by atoms with van der Waals surface area (Å²) in [6.07, 6.45) is 11.4. The largest absolute Gasteiger partial charge is 0.0801 e. The van der Waals surface area contributed by atoms with Crippen LogP contribution < -0.4 is 0 Å². The second-order valence-electron chi connectivity index (χ2n) is 5.87. The first-order chi connectivity index (χ1) is 7.61. The molecule has 1 heteroatoms. The summed E-state index contributed by atoms with van der Waals surface area (Å²) in [7, 11) is 0.122. The van der Waals surface area contributed by atoms with Gasteiger partial charge in [0, 0.05) is 0 Å². The second kappa shape index (κ2) is 5.05. The van der Waals surface area contributed by atoms with Crippen molar-refractivity contribution in [1.82, 2.24) is 0 Å². The lowest BCUT2D eigenvalue weighted by atomic mass is 10.0. The minimum atomic E-state index is 0.122. The Morgan fingerprint density at radius 1 is 1.06 bits per heavy atom. The van der Waals surface area contributed by atoms with Crippen molar-refractivity contribution in [1.29, 1.82) is 0 Å². The van der Waals surface area contributed by atoms with Crippen molar-refractivity contribution < 1.29 is 0 Å². The molecular weight excluding hydrogens is 211 g/mol. The van der Waals surface area contributed by atoms with E-state index >= 15 is 0 Å². The summed E-state index contributed by atoms with van der Waals surface area (Å²) < 4.78 is 0. The summed E-state index contributed by atoms with van der Waals surface area (Å²) in [5.74, 6) is 1.73. The molecule has 0 bridgehead atoms. The molecule has 2 atom stereocenters. The summed E-state index contributed by atoms with van der Waals surface area (Å²) in [6, 6.07) is 0. The van der Waals surface area contributed by atoms with Gasteiger partial charge >= 0.3 is 0 Å². The van der Waals surface area contributed by atoms with Gasteiger partial charge in [-0.2, -0.15) is 0 Å². The third-order valence-electron chi connectivity index (χ3n) is 4.06. The number of hydrogen-bond acceptors (Lipinski definition) is 0. The van der Waals surface area contributed by atoms with Crippen LogP contribution in [-0.4, -0.2) is 11.3 Å². The molecule has 16 heavy (non-hydrogen) atoms. The van der Waals surface area contributed by atoms with Gasteiger partial charge in [-0.3, -0.25) is 0 Å². The molecule has 0 unspecified atom stereocenters. The predicted molar refractivity (Wildman–Crippen MR) is 75.2 cm³/mol. The van der Waals surface area contributed by atoms with E-state index in [0.717, 1.165) is 23.2 Å². The first kappa shape index (κ1) is 12.4. The van der Waals surface area contributed by atoms with Gasteiger partial charge in [-0.25, -0.2) is 0 Å². The molecule has 1 saturated heterocycles. The van der Waals surface area contributed by atoms with E-state index in [4.69, 9.17) is 0 Å². The zero-order valence-corrected chi connectivity index (χ0v) is 12.0. The van der Waals surface area contributed by atoms with Crippen molar-refractivity contribution in [3.63, 3.8) is 0 Å². The molecule has 1 aliphatic carbocycles. The lowest BCUT2D eigenvalue weighted by Gasteiger charge is -2.31. The topological polar surface area (TPSA) is 0 Å². The maximum atomic E-state index is 2.49. The standard InChI is InChI=1S/C15H25P/c1-11(2)14-9-10-15(12(3)4)16(14)13-7-5-6-8-13/h5,7-8,11-12,14-15H,6,9-10H2,1-4H3/t14-,15-/m1/s1. The fourth-order valence-corrected chi connectivity index (χ4v) is 7.19. The lowest BCUT2D eigenvalue weighted by molar-refractivity contribution is 0.543. The van der Waals surface area contributed by atoms with E-state index in [9.17, 15) is 0 Å². The van der Waals surface area contributed by atoms with Crippen molar-refractivity contribution in [2.45, 2.75) is 58.3 Å². The van der Waals surface area contributed by atoms with Gasteiger partial charge in [-0.1, -0.05) is 53.8 Å². The molecule has 0 aromatic rings. The van der Waals surface area contributed by atoms with Crippen LogP contribution in [0, 0.1) is 11.8 Å². The fraction of sp³-hybridized carbons (Fsp3) is 0.733. The van der Waals surface area contributed by atoms with Gasteiger partial charge < -0.3 is 0 Å². The smallest absolute Gasteiger partial charge is 0.0143 e. The van der Waals surface area contributed by atoms with Crippen LogP contribution in [-0.2, 0) is 0 Å². The molecule has 0 aromatic heterocycles. The first-order valence-electron chi connectivity index (χ1n) is 6.76. The van der Waals surface area contributed by atoms with Gasteiger partial charge in [0.25, 0.3) is 0 Å². The highest BCUT2D eigenvalue weighted by molar-refractivity contribution is 7.64. The van der Waals surface area contributed by atoms with Gasteiger partial charge in [0.1, 0.15) is 0 Å². The average molecular weight is 236 g/mol. The Morgan fingerprint density at radius 2 is 1.62 bits per heavy atom. The minimum Gasteiger partial charge on any atom is -0.0801 e. The van der Waals surface area contributed by atoms with E-state index < -0.39 is 0 Å². The van der Waals surface area contributed by atoms with Gasteiger partial charge in [0.05, 0.1) is 0 Å². The van der Waals surface area contributed by atoms with E-state index in [1.54, 1.807) is 5.31 Å². The highest BCUT2D eigenvalue weighted by Crippen LogP contribution is 2.65. The Bertz CT molecular complexity index is 283. The van der Waals surface area contributed by atoms with Crippen LogP contribution in [0.1, 0.15) is 47.0 Å². The number of hydrogen-bond donors (Lipinski definition) is 0. The molecule has 0 amide bonds. The molecular formula is C15H25P. The van der Waals surface area contributed by atoms with Crippen LogP contribution in [0.5, 0.6) is 0 Å². The maximum absolute atomic E-state index is 2.49. The summed E-state index contributed by atoms with van der Waals surface area (Å²) in [4.78, 5) is 0. The fourth-order valence-electron chi connectivity index (χ4n) is 3.19. The Morgan fingerprint density at radius 3 is 2.00 bits per heavy atom. The van der Waals surface area contributed by atoms with Crippen LogP contribution in [0.4, 0.5) is 0 Å². The van der Waals surface area contributed by atoms with E-state index in [1.807, 2.05) is 0 Å². The highest BCUT2D eigenvalue weighted by atomic mass is 31.1. The molecule has 2 aliphatic rings. The summed E-state index contributed by atoms with van der Waals surface area (Å²) >= 11 is 0.